The van der Waals surface area contributed by atoms with Crippen molar-refractivity contribution in [3.05, 3.63) is 0 Å². The fourth-order valence-corrected chi connectivity index (χ4v) is 1.49. The van der Waals surface area contributed by atoms with Crippen LogP contribution >= 0.6 is 0 Å². The van der Waals surface area contributed by atoms with Gasteiger partial charge >= 0.3 is 0 Å². The molecule has 0 amide bonds. The van der Waals surface area contributed by atoms with E-state index in [2.05, 4.69) is 25.9 Å². The van der Waals surface area contributed by atoms with Gasteiger partial charge in [-0.05, 0) is 6.92 Å². The van der Waals surface area contributed by atoms with Crippen LogP contribution in [0.15, 0.2) is 5.10 Å². The van der Waals surface area contributed by atoms with E-state index in [0.717, 1.165) is 12.1 Å². The lowest BCUT2D eigenvalue weighted by molar-refractivity contribution is -0.0809. The smallest absolute Gasteiger partial charge is 0.0806 e. The van der Waals surface area contributed by atoms with Crippen molar-refractivity contribution >= 4 is 5.71 Å². The lowest BCUT2D eigenvalue weighted by Gasteiger charge is -2.53. The van der Waals surface area contributed by atoms with Gasteiger partial charge in [-0.2, -0.15) is 5.10 Å². The minimum atomic E-state index is -0.0782. The molecule has 1 fully saturated rings. The quantitative estimate of drug-likeness (QED) is 0.457. The zero-order valence-electron chi connectivity index (χ0n) is 7.64. The summed E-state index contributed by atoms with van der Waals surface area (Å²) in [4.78, 5) is 0. The maximum Gasteiger partial charge on any atom is 0.0806 e. The zero-order chi connectivity index (χ0) is 8.70. The van der Waals surface area contributed by atoms with Gasteiger partial charge in [-0.3, -0.25) is 0 Å². The summed E-state index contributed by atoms with van der Waals surface area (Å²) in [6, 6.07) is 0. The number of hydrogen-bond acceptors (Lipinski definition) is 3. The van der Waals surface area contributed by atoms with Gasteiger partial charge in [-0.15, -0.1) is 0 Å². The first kappa shape index (κ1) is 8.53. The lowest BCUT2D eigenvalue weighted by atomic mass is 9.58. The molecule has 3 heteroatoms. The topological polar surface area (TPSA) is 47.6 Å². The van der Waals surface area contributed by atoms with Gasteiger partial charge in [0, 0.05) is 24.7 Å². The first-order valence-electron chi connectivity index (χ1n) is 3.80. The average molecular weight is 156 g/mol. The van der Waals surface area contributed by atoms with E-state index in [4.69, 9.17) is 10.6 Å². The number of ether oxygens (including phenoxy) is 1. The number of rotatable bonds is 1. The van der Waals surface area contributed by atoms with Crippen molar-refractivity contribution in [1.29, 1.82) is 0 Å². The van der Waals surface area contributed by atoms with Gasteiger partial charge in [0.05, 0.1) is 5.60 Å². The predicted molar refractivity (Wildman–Crippen MR) is 45.4 cm³/mol. The summed E-state index contributed by atoms with van der Waals surface area (Å²) in [6.45, 7) is 6.29. The Morgan fingerprint density at radius 1 is 1.45 bits per heavy atom. The number of methoxy groups -OCH3 is 1. The van der Waals surface area contributed by atoms with E-state index in [0.29, 0.717) is 0 Å². The van der Waals surface area contributed by atoms with Crippen LogP contribution in [0, 0.1) is 5.41 Å². The Bertz CT molecular complexity index is 198. The van der Waals surface area contributed by atoms with Crippen molar-refractivity contribution in [1.82, 2.24) is 0 Å². The van der Waals surface area contributed by atoms with Gasteiger partial charge in [0.1, 0.15) is 0 Å². The molecule has 0 aliphatic heterocycles. The molecular weight excluding hydrogens is 140 g/mol. The van der Waals surface area contributed by atoms with Crippen LogP contribution in [-0.4, -0.2) is 18.4 Å². The molecule has 0 aromatic heterocycles. The predicted octanol–water partition coefficient (Wildman–Crippen LogP) is 1.14. The summed E-state index contributed by atoms with van der Waals surface area (Å²) in [6.07, 6.45) is 0.854. The Hall–Kier alpha value is -0.570. The van der Waals surface area contributed by atoms with Gasteiger partial charge in [-0.25, -0.2) is 0 Å². The third-order valence-corrected chi connectivity index (χ3v) is 3.15. The number of nitrogens with two attached hydrogens (primary N) is 1. The van der Waals surface area contributed by atoms with Gasteiger partial charge in [0.15, 0.2) is 0 Å². The summed E-state index contributed by atoms with van der Waals surface area (Å²) >= 11 is 0. The Morgan fingerprint density at radius 3 is 2.27 bits per heavy atom. The molecule has 3 nitrogen and oxygen atoms in total. The van der Waals surface area contributed by atoms with Crippen molar-refractivity contribution in [2.45, 2.75) is 32.8 Å². The van der Waals surface area contributed by atoms with Crippen LogP contribution < -0.4 is 5.84 Å². The molecule has 0 bridgehead atoms. The van der Waals surface area contributed by atoms with Crippen LogP contribution in [0.4, 0.5) is 0 Å². The normalized spacial score (nSPS) is 38.7. The Morgan fingerprint density at radius 2 is 2.00 bits per heavy atom. The Kier molecular flexibility index (Phi) is 1.71. The van der Waals surface area contributed by atoms with Crippen molar-refractivity contribution < 1.29 is 4.74 Å². The summed E-state index contributed by atoms with van der Waals surface area (Å²) in [5, 5.41) is 3.73. The van der Waals surface area contributed by atoms with Gasteiger partial charge in [0.2, 0.25) is 0 Å². The maximum atomic E-state index is 5.38. The molecule has 1 saturated carbocycles. The monoisotopic (exact) mass is 156 g/mol. The molecule has 2 N–H and O–H groups in total. The summed E-state index contributed by atoms with van der Waals surface area (Å²) in [7, 11) is 1.73. The molecule has 11 heavy (non-hydrogen) atoms. The minimum absolute atomic E-state index is 0.00347. The summed E-state index contributed by atoms with van der Waals surface area (Å²) in [5.74, 6) is 5.22. The second kappa shape index (κ2) is 2.21. The largest absolute Gasteiger partial charge is 0.377 e. The van der Waals surface area contributed by atoms with Crippen LogP contribution in [0.1, 0.15) is 27.2 Å². The number of hydrazone groups is 1. The number of nitrogens with zero attached hydrogens (tertiary/aromatic N) is 1. The molecule has 0 radical (unpaired) electrons. The zero-order valence-corrected chi connectivity index (χ0v) is 7.64. The van der Waals surface area contributed by atoms with E-state index >= 15 is 0 Å². The lowest BCUT2D eigenvalue weighted by Crippen LogP contribution is -2.60. The average Bonchev–Trinajstić information content (AvgIpc) is 1.99. The molecular formula is C8H16N2O. The first-order valence-corrected chi connectivity index (χ1v) is 3.80. The molecule has 0 spiro atoms. The highest BCUT2D eigenvalue weighted by atomic mass is 16.5. The van der Waals surface area contributed by atoms with E-state index in [1.807, 2.05) is 0 Å². The molecule has 1 atom stereocenters. The SMILES string of the molecule is COC1(C)C/C(=N/N)C1(C)C. The van der Waals surface area contributed by atoms with Crippen molar-refractivity contribution in [3.8, 4) is 0 Å². The molecule has 1 rings (SSSR count). The summed E-state index contributed by atoms with van der Waals surface area (Å²) < 4.78 is 5.38. The highest BCUT2D eigenvalue weighted by Crippen LogP contribution is 2.48. The molecule has 1 aliphatic rings. The molecule has 0 heterocycles. The first-order chi connectivity index (χ1) is 4.98. The van der Waals surface area contributed by atoms with Gasteiger partial charge < -0.3 is 10.6 Å². The Labute approximate surface area is 67.6 Å². The summed E-state index contributed by atoms with van der Waals surface area (Å²) in [5.41, 5.74) is 0.962. The van der Waals surface area contributed by atoms with Crippen LogP contribution in [0.2, 0.25) is 0 Å². The van der Waals surface area contributed by atoms with E-state index in [1.54, 1.807) is 7.11 Å². The van der Waals surface area contributed by atoms with Crippen molar-refractivity contribution in [3.63, 3.8) is 0 Å². The third kappa shape index (κ3) is 0.872. The van der Waals surface area contributed by atoms with E-state index in [-0.39, 0.29) is 11.0 Å². The van der Waals surface area contributed by atoms with Crippen molar-refractivity contribution in [2.75, 3.05) is 7.11 Å². The standard InChI is InChI=1S/C8H16N2O/c1-7(2)6(10-9)5-8(7,3)11-4/h5,9H2,1-4H3/b10-6-. The highest BCUT2D eigenvalue weighted by Gasteiger charge is 2.55. The van der Waals surface area contributed by atoms with E-state index in [9.17, 15) is 0 Å². The number of hydrogen-bond donors (Lipinski definition) is 1. The van der Waals surface area contributed by atoms with E-state index < -0.39 is 0 Å². The molecule has 1 unspecified atom stereocenters. The highest BCUT2D eigenvalue weighted by molar-refractivity contribution is 5.97. The molecule has 0 aromatic rings. The molecule has 0 saturated heterocycles. The fourth-order valence-electron chi connectivity index (χ4n) is 1.49. The molecule has 0 aromatic carbocycles. The third-order valence-electron chi connectivity index (χ3n) is 3.15. The second-order valence-electron chi connectivity index (χ2n) is 3.81. The van der Waals surface area contributed by atoms with Crippen molar-refractivity contribution in [2.24, 2.45) is 16.4 Å². The van der Waals surface area contributed by atoms with Crippen LogP contribution in [0.3, 0.4) is 0 Å². The van der Waals surface area contributed by atoms with Crippen LogP contribution in [-0.2, 0) is 4.74 Å². The fraction of sp³-hybridized carbons (Fsp3) is 0.875. The van der Waals surface area contributed by atoms with Gasteiger partial charge in [0.25, 0.3) is 0 Å². The van der Waals surface area contributed by atoms with Crippen LogP contribution in [0.25, 0.3) is 0 Å². The molecule has 64 valence electrons. The van der Waals surface area contributed by atoms with Crippen LogP contribution in [0.5, 0.6) is 0 Å². The minimum Gasteiger partial charge on any atom is -0.377 e. The van der Waals surface area contributed by atoms with Gasteiger partial charge in [-0.1, -0.05) is 13.8 Å². The second-order valence-corrected chi connectivity index (χ2v) is 3.81. The Balaban J connectivity index is 2.84. The van der Waals surface area contributed by atoms with E-state index in [1.165, 1.54) is 0 Å². The maximum absolute atomic E-state index is 5.38. The molecule has 1 aliphatic carbocycles.